The molecule has 1 aromatic rings. The molecule has 0 bridgehead atoms. The average molecular weight is 293 g/mol. The molecule has 0 aromatic heterocycles. The van der Waals surface area contributed by atoms with Gasteiger partial charge in [-0.25, -0.2) is 0 Å². The van der Waals surface area contributed by atoms with Crippen LogP contribution in [0.3, 0.4) is 0 Å². The molecular formula is C12H12Cl3NO. The van der Waals surface area contributed by atoms with Crippen LogP contribution in [0.1, 0.15) is 23.2 Å². The molecule has 1 atom stereocenters. The third-order valence-corrected chi connectivity index (χ3v) is 3.98. The number of carbonyl (C=O) groups is 1. The lowest BCUT2D eigenvalue weighted by molar-refractivity contribution is 0.0749. The van der Waals surface area contributed by atoms with Crippen LogP contribution >= 0.6 is 34.8 Å². The highest BCUT2D eigenvalue weighted by molar-refractivity contribution is 6.39. The van der Waals surface area contributed by atoms with Gasteiger partial charge >= 0.3 is 0 Å². The summed E-state index contributed by atoms with van der Waals surface area (Å²) in [6, 6.07) is 5.17. The molecule has 1 aliphatic rings. The summed E-state index contributed by atoms with van der Waals surface area (Å²) in [7, 11) is 0. The van der Waals surface area contributed by atoms with Gasteiger partial charge in [0.2, 0.25) is 0 Å². The summed E-state index contributed by atoms with van der Waals surface area (Å²) in [5.74, 6) is 0.331. The summed E-state index contributed by atoms with van der Waals surface area (Å²) >= 11 is 17.9. The zero-order valence-electron chi connectivity index (χ0n) is 9.13. The third-order valence-electron chi connectivity index (χ3n) is 2.99. The molecule has 1 saturated heterocycles. The molecule has 1 aromatic carbocycles. The van der Waals surface area contributed by atoms with E-state index in [1.807, 2.05) is 0 Å². The average Bonchev–Trinajstić information content (AvgIpc) is 2.76. The molecule has 2 rings (SSSR count). The van der Waals surface area contributed by atoms with Crippen molar-refractivity contribution in [3.63, 3.8) is 0 Å². The maximum atomic E-state index is 12.4. The Morgan fingerprint density at radius 2 is 2.00 bits per heavy atom. The van der Waals surface area contributed by atoms with Gasteiger partial charge in [-0.1, -0.05) is 29.3 Å². The molecule has 17 heavy (non-hydrogen) atoms. The molecule has 1 unspecified atom stereocenters. The summed E-state index contributed by atoms with van der Waals surface area (Å²) in [5, 5.41) is 0.783. The summed E-state index contributed by atoms with van der Waals surface area (Å²) in [5.41, 5.74) is 0.382. The molecule has 0 spiro atoms. The highest BCUT2D eigenvalue weighted by atomic mass is 35.5. The Morgan fingerprint density at radius 1 is 1.35 bits per heavy atom. The zero-order chi connectivity index (χ0) is 12.4. The number of halogens is 3. The van der Waals surface area contributed by atoms with Crippen LogP contribution in [0.15, 0.2) is 18.2 Å². The zero-order valence-corrected chi connectivity index (χ0v) is 11.4. The summed E-state index contributed by atoms with van der Waals surface area (Å²) in [4.78, 5) is 14.1. The minimum atomic E-state index is -0.122. The van der Waals surface area contributed by atoms with Gasteiger partial charge in [-0.2, -0.15) is 0 Å². The van der Waals surface area contributed by atoms with E-state index in [0.29, 0.717) is 21.5 Å². The lowest BCUT2D eigenvalue weighted by Crippen LogP contribution is -2.36. The van der Waals surface area contributed by atoms with Gasteiger partial charge < -0.3 is 4.90 Å². The standard InChI is InChI=1S/C12H12Cl3NO/c13-7-8-3-2-6-16(8)12(17)11-9(14)4-1-5-10(11)15/h1,4-5,8H,2-3,6-7H2. The summed E-state index contributed by atoms with van der Waals surface area (Å²) in [6.07, 6.45) is 1.92. The molecular weight excluding hydrogens is 280 g/mol. The van der Waals surface area contributed by atoms with Crippen molar-refractivity contribution in [3.05, 3.63) is 33.8 Å². The number of carbonyl (C=O) groups excluding carboxylic acids is 1. The second kappa shape index (κ2) is 5.47. The van der Waals surface area contributed by atoms with Crippen molar-refractivity contribution < 1.29 is 4.79 Å². The molecule has 1 aliphatic heterocycles. The van der Waals surface area contributed by atoms with E-state index in [9.17, 15) is 4.79 Å². The van der Waals surface area contributed by atoms with E-state index in [0.717, 1.165) is 19.4 Å². The second-order valence-corrected chi connectivity index (χ2v) is 5.17. The number of benzene rings is 1. The predicted molar refractivity (Wildman–Crippen MR) is 71.2 cm³/mol. The SMILES string of the molecule is O=C(c1c(Cl)cccc1Cl)N1CCCC1CCl. The molecule has 92 valence electrons. The van der Waals surface area contributed by atoms with Crippen LogP contribution in [0.4, 0.5) is 0 Å². The van der Waals surface area contributed by atoms with Crippen LogP contribution in [0.25, 0.3) is 0 Å². The van der Waals surface area contributed by atoms with Gasteiger partial charge in [0.05, 0.1) is 15.6 Å². The van der Waals surface area contributed by atoms with Crippen LogP contribution in [-0.4, -0.2) is 29.3 Å². The van der Waals surface area contributed by atoms with Gasteiger partial charge in [-0.15, -0.1) is 11.6 Å². The van der Waals surface area contributed by atoms with Crippen molar-refractivity contribution in [2.75, 3.05) is 12.4 Å². The van der Waals surface area contributed by atoms with Gasteiger partial charge in [0, 0.05) is 18.5 Å². The van der Waals surface area contributed by atoms with E-state index in [1.54, 1.807) is 23.1 Å². The van der Waals surface area contributed by atoms with E-state index < -0.39 is 0 Å². The van der Waals surface area contributed by atoms with E-state index >= 15 is 0 Å². The molecule has 2 nitrogen and oxygen atoms in total. The minimum absolute atomic E-state index is 0.0940. The Labute approximate surface area is 115 Å². The molecule has 1 heterocycles. The maximum Gasteiger partial charge on any atom is 0.257 e. The lowest BCUT2D eigenvalue weighted by atomic mass is 10.2. The minimum Gasteiger partial charge on any atom is -0.334 e. The van der Waals surface area contributed by atoms with E-state index in [1.165, 1.54) is 0 Å². The molecule has 0 aliphatic carbocycles. The molecule has 5 heteroatoms. The highest BCUT2D eigenvalue weighted by Gasteiger charge is 2.30. The Balaban J connectivity index is 2.31. The van der Waals surface area contributed by atoms with Gasteiger partial charge in [0.1, 0.15) is 0 Å². The van der Waals surface area contributed by atoms with Crippen molar-refractivity contribution >= 4 is 40.7 Å². The van der Waals surface area contributed by atoms with Crippen LogP contribution in [-0.2, 0) is 0 Å². The van der Waals surface area contributed by atoms with Crippen molar-refractivity contribution in [2.45, 2.75) is 18.9 Å². The van der Waals surface area contributed by atoms with Gasteiger partial charge in [-0.05, 0) is 25.0 Å². The van der Waals surface area contributed by atoms with E-state index in [4.69, 9.17) is 34.8 Å². The van der Waals surface area contributed by atoms with Crippen molar-refractivity contribution in [1.29, 1.82) is 0 Å². The fourth-order valence-corrected chi connectivity index (χ4v) is 2.99. The number of nitrogens with zero attached hydrogens (tertiary/aromatic N) is 1. The number of alkyl halides is 1. The third kappa shape index (κ3) is 2.54. The maximum absolute atomic E-state index is 12.4. The normalized spacial score (nSPS) is 19.7. The Morgan fingerprint density at radius 3 is 2.59 bits per heavy atom. The van der Waals surface area contributed by atoms with Crippen LogP contribution in [0.2, 0.25) is 10.0 Å². The first-order valence-electron chi connectivity index (χ1n) is 5.46. The largest absolute Gasteiger partial charge is 0.334 e. The van der Waals surface area contributed by atoms with Crippen molar-refractivity contribution in [3.8, 4) is 0 Å². The molecule has 0 N–H and O–H groups in total. The Hall–Kier alpha value is -0.440. The quantitative estimate of drug-likeness (QED) is 0.759. The highest BCUT2D eigenvalue weighted by Crippen LogP contribution is 2.29. The Kier molecular flexibility index (Phi) is 4.18. The van der Waals surface area contributed by atoms with Crippen molar-refractivity contribution in [1.82, 2.24) is 4.90 Å². The summed E-state index contributed by atoms with van der Waals surface area (Å²) in [6.45, 7) is 0.720. The van der Waals surface area contributed by atoms with Gasteiger partial charge in [-0.3, -0.25) is 4.79 Å². The van der Waals surface area contributed by atoms with Crippen molar-refractivity contribution in [2.24, 2.45) is 0 Å². The monoisotopic (exact) mass is 291 g/mol. The first-order chi connectivity index (χ1) is 8.15. The molecule has 0 radical (unpaired) electrons. The first kappa shape index (κ1) is 13.0. The van der Waals surface area contributed by atoms with Crippen LogP contribution < -0.4 is 0 Å². The van der Waals surface area contributed by atoms with E-state index in [2.05, 4.69) is 0 Å². The predicted octanol–water partition coefficient (Wildman–Crippen LogP) is 3.84. The molecule has 1 amide bonds. The van der Waals surface area contributed by atoms with Gasteiger partial charge in [0.25, 0.3) is 5.91 Å². The fourth-order valence-electron chi connectivity index (χ4n) is 2.11. The van der Waals surface area contributed by atoms with Crippen LogP contribution in [0.5, 0.6) is 0 Å². The lowest BCUT2D eigenvalue weighted by Gasteiger charge is -2.23. The second-order valence-electron chi connectivity index (χ2n) is 4.05. The molecule has 1 fully saturated rings. The summed E-state index contributed by atoms with van der Waals surface area (Å²) < 4.78 is 0. The molecule has 0 saturated carbocycles. The van der Waals surface area contributed by atoms with Gasteiger partial charge in [0.15, 0.2) is 0 Å². The number of hydrogen-bond donors (Lipinski definition) is 0. The number of hydrogen-bond acceptors (Lipinski definition) is 1. The topological polar surface area (TPSA) is 20.3 Å². The van der Waals surface area contributed by atoms with Crippen LogP contribution in [0, 0.1) is 0 Å². The van der Waals surface area contributed by atoms with E-state index in [-0.39, 0.29) is 11.9 Å². The fraction of sp³-hybridized carbons (Fsp3) is 0.417. The number of likely N-dealkylation sites (tertiary alicyclic amines) is 1. The first-order valence-corrected chi connectivity index (χ1v) is 6.75. The number of rotatable bonds is 2. The number of amides is 1. The Bertz CT molecular complexity index is 416. The smallest absolute Gasteiger partial charge is 0.257 e.